The summed E-state index contributed by atoms with van der Waals surface area (Å²) in [6.07, 6.45) is 4.03. The second-order valence-electron chi connectivity index (χ2n) is 6.83. The number of nitrogens with zero attached hydrogens (tertiary/aromatic N) is 2. The summed E-state index contributed by atoms with van der Waals surface area (Å²) in [6, 6.07) is 18.5. The molecule has 1 fully saturated rings. The van der Waals surface area contributed by atoms with E-state index in [-0.39, 0.29) is 5.91 Å². The summed E-state index contributed by atoms with van der Waals surface area (Å²) in [7, 11) is 1.59. The molecule has 0 radical (unpaired) electrons. The fourth-order valence-corrected chi connectivity index (χ4v) is 3.33. The molecular formula is C23H23N3O3. The van der Waals surface area contributed by atoms with Crippen molar-refractivity contribution < 1.29 is 14.3 Å². The molecule has 3 aromatic rings. The van der Waals surface area contributed by atoms with Gasteiger partial charge in [-0.1, -0.05) is 12.1 Å². The first-order chi connectivity index (χ1) is 14.2. The highest BCUT2D eigenvalue weighted by Crippen LogP contribution is 2.30. The van der Waals surface area contributed by atoms with E-state index in [0.717, 1.165) is 13.1 Å². The maximum atomic E-state index is 12.5. The van der Waals surface area contributed by atoms with E-state index in [1.54, 1.807) is 25.4 Å². The predicted octanol–water partition coefficient (Wildman–Crippen LogP) is 4.74. The zero-order chi connectivity index (χ0) is 20.1. The van der Waals surface area contributed by atoms with Crippen LogP contribution in [0.5, 0.6) is 17.4 Å². The first-order valence-electron chi connectivity index (χ1n) is 9.66. The number of hydrogen-bond donors (Lipinski definition) is 1. The van der Waals surface area contributed by atoms with Gasteiger partial charge in [-0.15, -0.1) is 0 Å². The van der Waals surface area contributed by atoms with Crippen LogP contribution in [0.1, 0.15) is 23.2 Å². The molecule has 1 N–H and O–H groups in total. The molecule has 4 rings (SSSR count). The third-order valence-corrected chi connectivity index (χ3v) is 4.88. The fourth-order valence-electron chi connectivity index (χ4n) is 3.33. The number of aromatic nitrogens is 1. The van der Waals surface area contributed by atoms with E-state index >= 15 is 0 Å². The minimum Gasteiger partial charge on any atom is -0.493 e. The number of amides is 1. The highest BCUT2D eigenvalue weighted by atomic mass is 16.5. The Morgan fingerprint density at radius 1 is 0.966 bits per heavy atom. The van der Waals surface area contributed by atoms with E-state index in [1.807, 2.05) is 48.5 Å². The molecule has 2 aromatic carbocycles. The second kappa shape index (κ2) is 8.65. The van der Waals surface area contributed by atoms with E-state index in [9.17, 15) is 4.79 Å². The first kappa shape index (κ1) is 18.8. The highest BCUT2D eigenvalue weighted by molar-refractivity contribution is 6.04. The topological polar surface area (TPSA) is 63.7 Å². The molecule has 0 bridgehead atoms. The summed E-state index contributed by atoms with van der Waals surface area (Å²) in [5, 5.41) is 2.87. The van der Waals surface area contributed by atoms with Gasteiger partial charge >= 0.3 is 0 Å². The molecule has 0 unspecified atom stereocenters. The fraction of sp³-hybridized carbons (Fsp3) is 0.217. The van der Waals surface area contributed by atoms with Crippen molar-refractivity contribution in [2.75, 3.05) is 30.4 Å². The summed E-state index contributed by atoms with van der Waals surface area (Å²) < 4.78 is 11.0. The van der Waals surface area contributed by atoms with Crippen molar-refractivity contribution >= 4 is 17.3 Å². The molecule has 0 aliphatic carbocycles. The molecule has 1 amide bonds. The number of carbonyl (C=O) groups excluding carboxylic acids is 1. The van der Waals surface area contributed by atoms with E-state index in [2.05, 4.69) is 15.2 Å². The summed E-state index contributed by atoms with van der Waals surface area (Å²) in [4.78, 5) is 19.1. The Kier molecular flexibility index (Phi) is 5.61. The molecule has 2 heterocycles. The predicted molar refractivity (Wildman–Crippen MR) is 113 cm³/mol. The number of pyridine rings is 1. The van der Waals surface area contributed by atoms with Crippen molar-refractivity contribution in [2.45, 2.75) is 12.8 Å². The summed E-state index contributed by atoms with van der Waals surface area (Å²) in [6.45, 7) is 2.17. The van der Waals surface area contributed by atoms with Gasteiger partial charge < -0.3 is 19.7 Å². The quantitative estimate of drug-likeness (QED) is 0.660. The molecule has 1 saturated heterocycles. The normalized spacial score (nSPS) is 13.2. The van der Waals surface area contributed by atoms with Gasteiger partial charge in [-0.25, -0.2) is 4.98 Å². The van der Waals surface area contributed by atoms with Crippen LogP contribution in [-0.4, -0.2) is 31.1 Å². The largest absolute Gasteiger partial charge is 0.493 e. The Hall–Kier alpha value is -3.54. The molecular weight excluding hydrogens is 366 g/mol. The van der Waals surface area contributed by atoms with Gasteiger partial charge in [0.05, 0.1) is 19.0 Å². The maximum Gasteiger partial charge on any atom is 0.255 e. The molecule has 1 aliphatic heterocycles. The van der Waals surface area contributed by atoms with Crippen LogP contribution in [0.25, 0.3) is 0 Å². The number of nitrogens with one attached hydrogen (secondary N) is 1. The zero-order valence-corrected chi connectivity index (χ0v) is 16.3. The minimum atomic E-state index is -0.168. The van der Waals surface area contributed by atoms with E-state index in [1.165, 1.54) is 18.5 Å². The van der Waals surface area contributed by atoms with Gasteiger partial charge in [-0.2, -0.15) is 0 Å². The van der Waals surface area contributed by atoms with Crippen molar-refractivity contribution in [3.05, 3.63) is 72.4 Å². The Bertz CT molecular complexity index is 965. The van der Waals surface area contributed by atoms with Crippen molar-refractivity contribution in [1.29, 1.82) is 0 Å². The molecule has 0 atom stereocenters. The number of carbonyl (C=O) groups is 1. The summed E-state index contributed by atoms with van der Waals surface area (Å²) >= 11 is 0. The van der Waals surface area contributed by atoms with Crippen LogP contribution in [0.2, 0.25) is 0 Å². The van der Waals surface area contributed by atoms with Crippen LogP contribution in [0.15, 0.2) is 66.9 Å². The minimum absolute atomic E-state index is 0.168. The third kappa shape index (κ3) is 4.48. The lowest BCUT2D eigenvalue weighted by Gasteiger charge is -2.17. The Morgan fingerprint density at radius 2 is 1.69 bits per heavy atom. The van der Waals surface area contributed by atoms with Crippen LogP contribution in [0, 0.1) is 0 Å². The van der Waals surface area contributed by atoms with Crippen molar-refractivity contribution in [1.82, 2.24) is 4.98 Å². The van der Waals surface area contributed by atoms with Gasteiger partial charge in [0, 0.05) is 30.4 Å². The van der Waals surface area contributed by atoms with Crippen LogP contribution >= 0.6 is 0 Å². The van der Waals surface area contributed by atoms with E-state index < -0.39 is 0 Å². The summed E-state index contributed by atoms with van der Waals surface area (Å²) in [5.41, 5.74) is 2.38. The molecule has 29 heavy (non-hydrogen) atoms. The number of benzene rings is 2. The van der Waals surface area contributed by atoms with Crippen molar-refractivity contribution in [2.24, 2.45) is 0 Å². The average Bonchev–Trinajstić information content (AvgIpc) is 3.30. The number of anilines is 2. The van der Waals surface area contributed by atoms with Gasteiger partial charge in [0.25, 0.3) is 5.91 Å². The van der Waals surface area contributed by atoms with Crippen LogP contribution in [-0.2, 0) is 0 Å². The van der Waals surface area contributed by atoms with Gasteiger partial charge in [0.1, 0.15) is 0 Å². The monoisotopic (exact) mass is 389 g/mol. The van der Waals surface area contributed by atoms with Crippen LogP contribution in [0.3, 0.4) is 0 Å². The molecule has 0 saturated carbocycles. The molecule has 6 nitrogen and oxygen atoms in total. The van der Waals surface area contributed by atoms with Crippen LogP contribution < -0.4 is 19.7 Å². The molecule has 6 heteroatoms. The summed E-state index contributed by atoms with van der Waals surface area (Å²) in [5.74, 6) is 1.46. The van der Waals surface area contributed by atoms with Gasteiger partial charge in [0.15, 0.2) is 11.5 Å². The maximum absolute atomic E-state index is 12.5. The third-order valence-electron chi connectivity index (χ3n) is 4.88. The highest BCUT2D eigenvalue weighted by Gasteiger charge is 2.13. The Morgan fingerprint density at radius 3 is 2.34 bits per heavy atom. The van der Waals surface area contributed by atoms with Gasteiger partial charge in [-0.05, 0) is 55.3 Å². The lowest BCUT2D eigenvalue weighted by atomic mass is 10.2. The Labute approximate surface area is 170 Å². The van der Waals surface area contributed by atoms with Gasteiger partial charge in [-0.3, -0.25) is 4.79 Å². The van der Waals surface area contributed by atoms with Crippen molar-refractivity contribution in [3.63, 3.8) is 0 Å². The number of para-hydroxylation sites is 2. The number of rotatable bonds is 6. The molecule has 1 aromatic heterocycles. The molecule has 1 aliphatic rings. The molecule has 0 spiro atoms. The first-order valence-corrected chi connectivity index (χ1v) is 9.66. The van der Waals surface area contributed by atoms with Crippen molar-refractivity contribution in [3.8, 4) is 17.4 Å². The lowest BCUT2D eigenvalue weighted by Crippen LogP contribution is -2.18. The standard InChI is InChI=1S/C23H23N3O3/c1-28-20-6-2-3-7-21(20)29-22-13-10-18(16-24-22)25-23(27)17-8-11-19(12-9-17)26-14-4-5-15-26/h2-3,6-13,16H,4-5,14-15H2,1H3,(H,25,27). The SMILES string of the molecule is COc1ccccc1Oc1ccc(NC(=O)c2ccc(N3CCCC3)cc2)cn1. The number of ether oxygens (including phenoxy) is 2. The average molecular weight is 389 g/mol. The Balaban J connectivity index is 1.38. The number of methoxy groups -OCH3 is 1. The smallest absolute Gasteiger partial charge is 0.255 e. The van der Waals surface area contributed by atoms with Crippen LogP contribution in [0.4, 0.5) is 11.4 Å². The lowest BCUT2D eigenvalue weighted by molar-refractivity contribution is 0.102. The van der Waals surface area contributed by atoms with Gasteiger partial charge in [0.2, 0.25) is 5.88 Å². The second-order valence-corrected chi connectivity index (χ2v) is 6.83. The van der Waals surface area contributed by atoms with E-state index in [0.29, 0.717) is 28.6 Å². The molecule has 148 valence electrons. The number of hydrogen-bond acceptors (Lipinski definition) is 5. The zero-order valence-electron chi connectivity index (χ0n) is 16.3. The van der Waals surface area contributed by atoms with E-state index in [4.69, 9.17) is 9.47 Å².